The number of pyridine rings is 1. The van der Waals surface area contributed by atoms with Crippen LogP contribution in [-0.2, 0) is 17.8 Å². The van der Waals surface area contributed by atoms with Crippen LogP contribution in [0.5, 0.6) is 5.75 Å². The van der Waals surface area contributed by atoms with Gasteiger partial charge >= 0.3 is 5.97 Å². The summed E-state index contributed by atoms with van der Waals surface area (Å²) in [6.45, 7) is 3.31. The van der Waals surface area contributed by atoms with Crippen LogP contribution >= 0.6 is 0 Å². The summed E-state index contributed by atoms with van der Waals surface area (Å²) >= 11 is 0. The van der Waals surface area contributed by atoms with Crippen molar-refractivity contribution in [1.29, 1.82) is 0 Å². The molecule has 0 saturated heterocycles. The van der Waals surface area contributed by atoms with Crippen LogP contribution < -0.4 is 15.6 Å². The van der Waals surface area contributed by atoms with Crippen LogP contribution in [-0.4, -0.2) is 34.8 Å². The number of carboxylic acid groups (broad SMARTS) is 1. The van der Waals surface area contributed by atoms with Gasteiger partial charge in [-0.05, 0) is 48.2 Å². The fourth-order valence-electron chi connectivity index (χ4n) is 3.12. The van der Waals surface area contributed by atoms with Gasteiger partial charge in [0.15, 0.2) is 0 Å². The van der Waals surface area contributed by atoms with Crippen LogP contribution in [0.4, 0.5) is 0 Å². The second-order valence-corrected chi connectivity index (χ2v) is 6.55. The second kappa shape index (κ2) is 9.19. The topological polar surface area (TPSA) is 80.6 Å². The van der Waals surface area contributed by atoms with Crippen LogP contribution in [0.25, 0.3) is 10.8 Å². The maximum absolute atomic E-state index is 12.5. The molecule has 1 heterocycles. The van der Waals surface area contributed by atoms with E-state index in [9.17, 15) is 14.7 Å². The number of fused-ring (bicyclic) bond motifs is 1. The summed E-state index contributed by atoms with van der Waals surface area (Å²) in [7, 11) is 0. The molecule has 0 saturated carbocycles. The third-order valence-corrected chi connectivity index (χ3v) is 4.60. The van der Waals surface area contributed by atoms with Gasteiger partial charge in [-0.2, -0.15) is 0 Å². The summed E-state index contributed by atoms with van der Waals surface area (Å²) in [4.78, 5) is 23.7. The van der Waals surface area contributed by atoms with Crippen molar-refractivity contribution in [3.8, 4) is 5.75 Å². The number of aliphatic carboxylic acids is 1. The van der Waals surface area contributed by atoms with Crippen molar-refractivity contribution in [1.82, 2.24) is 9.88 Å². The molecule has 0 aliphatic heterocycles. The Morgan fingerprint density at radius 2 is 1.89 bits per heavy atom. The summed E-state index contributed by atoms with van der Waals surface area (Å²) in [6, 6.07) is 16.2. The summed E-state index contributed by atoms with van der Waals surface area (Å²) < 4.78 is 7.38. The van der Waals surface area contributed by atoms with E-state index in [0.29, 0.717) is 37.3 Å². The molecule has 0 amide bonds. The maximum Gasteiger partial charge on any atom is 0.321 e. The number of rotatable bonds is 9. The maximum atomic E-state index is 12.5. The zero-order valence-corrected chi connectivity index (χ0v) is 15.8. The van der Waals surface area contributed by atoms with Crippen LogP contribution in [0.1, 0.15) is 12.5 Å². The third-order valence-electron chi connectivity index (χ3n) is 4.60. The van der Waals surface area contributed by atoms with Gasteiger partial charge < -0.3 is 19.7 Å². The van der Waals surface area contributed by atoms with E-state index in [1.54, 1.807) is 10.8 Å². The lowest BCUT2D eigenvalue weighted by Gasteiger charge is -2.13. The van der Waals surface area contributed by atoms with E-state index in [1.807, 2.05) is 61.5 Å². The number of ether oxygens (including phenoxy) is 1. The number of nitrogens with zero attached hydrogens (tertiary/aromatic N) is 1. The van der Waals surface area contributed by atoms with Gasteiger partial charge in [0.1, 0.15) is 18.4 Å². The normalized spacial score (nSPS) is 12.0. The number of nitrogens with one attached hydrogen (secondary N) is 1. The highest BCUT2D eigenvalue weighted by Crippen LogP contribution is 2.14. The number of carboxylic acids is 1. The average Bonchev–Trinajstić information content (AvgIpc) is 2.70. The van der Waals surface area contributed by atoms with Gasteiger partial charge in [0.2, 0.25) is 0 Å². The Kier molecular flexibility index (Phi) is 6.45. The van der Waals surface area contributed by atoms with Crippen molar-refractivity contribution in [2.75, 3.05) is 13.2 Å². The van der Waals surface area contributed by atoms with Gasteiger partial charge in [0.25, 0.3) is 5.56 Å². The minimum Gasteiger partial charge on any atom is -0.492 e. The standard InChI is InChI=1S/C22H24N2O4/c1-2-23-20(22(26)27)15-16-7-9-18(10-8-16)28-14-13-24-12-11-17-5-3-4-6-19(17)21(24)25/h3-12,20,23H,2,13-15H2,1H3,(H,26,27). The predicted molar refractivity (Wildman–Crippen MR) is 109 cm³/mol. The summed E-state index contributed by atoms with van der Waals surface area (Å²) in [6.07, 6.45) is 2.19. The highest BCUT2D eigenvalue weighted by Gasteiger charge is 2.16. The molecule has 3 aromatic rings. The summed E-state index contributed by atoms with van der Waals surface area (Å²) in [5.41, 5.74) is 0.895. The fourth-order valence-corrected chi connectivity index (χ4v) is 3.12. The van der Waals surface area contributed by atoms with Gasteiger partial charge in [-0.25, -0.2) is 0 Å². The van der Waals surface area contributed by atoms with E-state index in [4.69, 9.17) is 4.74 Å². The van der Waals surface area contributed by atoms with Gasteiger partial charge in [-0.3, -0.25) is 9.59 Å². The number of benzene rings is 2. The highest BCUT2D eigenvalue weighted by atomic mass is 16.5. The molecule has 0 spiro atoms. The molecule has 6 heteroatoms. The van der Waals surface area contributed by atoms with Crippen molar-refractivity contribution in [3.05, 3.63) is 76.7 Å². The minimum absolute atomic E-state index is 0.0276. The van der Waals surface area contributed by atoms with Crippen LogP contribution in [0.3, 0.4) is 0 Å². The Balaban J connectivity index is 1.57. The van der Waals surface area contributed by atoms with Crippen LogP contribution in [0.2, 0.25) is 0 Å². The van der Waals surface area contributed by atoms with E-state index in [0.717, 1.165) is 10.9 Å². The molecule has 1 unspecified atom stereocenters. The van der Waals surface area contributed by atoms with Gasteiger partial charge in [-0.15, -0.1) is 0 Å². The quantitative estimate of drug-likeness (QED) is 0.597. The van der Waals surface area contributed by atoms with Crippen molar-refractivity contribution < 1.29 is 14.6 Å². The molecule has 0 radical (unpaired) electrons. The Labute approximate surface area is 163 Å². The molecule has 0 aliphatic carbocycles. The first-order valence-corrected chi connectivity index (χ1v) is 9.34. The molecule has 1 atom stereocenters. The van der Waals surface area contributed by atoms with Gasteiger partial charge in [-0.1, -0.05) is 37.3 Å². The molecule has 0 fully saturated rings. The van der Waals surface area contributed by atoms with E-state index in [2.05, 4.69) is 5.32 Å². The third kappa shape index (κ3) is 4.78. The van der Waals surface area contributed by atoms with E-state index >= 15 is 0 Å². The monoisotopic (exact) mass is 380 g/mol. The van der Waals surface area contributed by atoms with Gasteiger partial charge in [0.05, 0.1) is 6.54 Å². The first-order chi connectivity index (χ1) is 13.6. The lowest BCUT2D eigenvalue weighted by Crippen LogP contribution is -2.38. The molecular weight excluding hydrogens is 356 g/mol. The number of hydrogen-bond donors (Lipinski definition) is 2. The molecule has 146 valence electrons. The molecule has 2 N–H and O–H groups in total. The Morgan fingerprint density at radius 3 is 2.61 bits per heavy atom. The van der Waals surface area contributed by atoms with Crippen LogP contribution in [0, 0.1) is 0 Å². The number of aromatic nitrogens is 1. The predicted octanol–water partition coefficient (Wildman–Crippen LogP) is 2.69. The van der Waals surface area contributed by atoms with Gasteiger partial charge in [0, 0.05) is 11.6 Å². The lowest BCUT2D eigenvalue weighted by atomic mass is 10.1. The molecule has 1 aromatic heterocycles. The number of hydrogen-bond acceptors (Lipinski definition) is 4. The zero-order chi connectivity index (χ0) is 19.9. The lowest BCUT2D eigenvalue weighted by molar-refractivity contribution is -0.139. The molecule has 6 nitrogen and oxygen atoms in total. The smallest absolute Gasteiger partial charge is 0.321 e. The Hall–Kier alpha value is -3.12. The fraction of sp³-hybridized carbons (Fsp3) is 0.273. The minimum atomic E-state index is -0.858. The summed E-state index contributed by atoms with van der Waals surface area (Å²) in [5.74, 6) is -0.170. The molecule has 0 bridgehead atoms. The molecule has 3 rings (SSSR count). The first kappa shape index (κ1) is 19.6. The van der Waals surface area contributed by atoms with Crippen molar-refractivity contribution >= 4 is 16.7 Å². The Bertz CT molecular complexity index is 995. The second-order valence-electron chi connectivity index (χ2n) is 6.55. The molecular formula is C22H24N2O4. The molecule has 2 aromatic carbocycles. The van der Waals surface area contributed by atoms with E-state index in [1.165, 1.54) is 0 Å². The average molecular weight is 380 g/mol. The number of carbonyl (C=O) groups is 1. The number of likely N-dealkylation sites (N-methyl/N-ethyl adjacent to an activating group) is 1. The Morgan fingerprint density at radius 1 is 1.14 bits per heavy atom. The van der Waals surface area contributed by atoms with E-state index < -0.39 is 12.0 Å². The highest BCUT2D eigenvalue weighted by molar-refractivity contribution is 5.81. The summed E-state index contributed by atoms with van der Waals surface area (Å²) in [5, 5.41) is 13.8. The SMILES string of the molecule is CCNC(Cc1ccc(OCCn2ccc3ccccc3c2=O)cc1)C(=O)O. The first-order valence-electron chi connectivity index (χ1n) is 9.34. The molecule has 28 heavy (non-hydrogen) atoms. The largest absolute Gasteiger partial charge is 0.492 e. The van der Waals surface area contributed by atoms with Crippen molar-refractivity contribution in [2.24, 2.45) is 0 Å². The van der Waals surface area contributed by atoms with Crippen LogP contribution in [0.15, 0.2) is 65.6 Å². The molecule has 0 aliphatic rings. The van der Waals surface area contributed by atoms with E-state index in [-0.39, 0.29) is 5.56 Å². The van der Waals surface area contributed by atoms with Crippen molar-refractivity contribution in [3.63, 3.8) is 0 Å². The zero-order valence-electron chi connectivity index (χ0n) is 15.8. The van der Waals surface area contributed by atoms with Crippen molar-refractivity contribution in [2.45, 2.75) is 25.9 Å².